The van der Waals surface area contributed by atoms with Gasteiger partial charge < -0.3 is 19.7 Å². The quantitative estimate of drug-likeness (QED) is 0.601. The van der Waals surface area contributed by atoms with Gasteiger partial charge in [0.1, 0.15) is 5.75 Å². The molecule has 6 nitrogen and oxygen atoms in total. The predicted molar refractivity (Wildman–Crippen MR) is 127 cm³/mol. The van der Waals surface area contributed by atoms with Gasteiger partial charge in [-0.3, -0.25) is 9.59 Å². The average Bonchev–Trinajstić information content (AvgIpc) is 3.23. The van der Waals surface area contributed by atoms with Crippen LogP contribution in [-0.2, 0) is 16.0 Å². The molecule has 0 saturated carbocycles. The van der Waals surface area contributed by atoms with Crippen molar-refractivity contribution < 1.29 is 23.5 Å². The first-order chi connectivity index (χ1) is 16.5. The first-order valence-electron chi connectivity index (χ1n) is 12.1. The topological polar surface area (TPSA) is 67.9 Å². The van der Waals surface area contributed by atoms with Crippen LogP contribution in [0.3, 0.4) is 0 Å². The second-order valence-electron chi connectivity index (χ2n) is 9.44. The number of carbonyl (C=O) groups excluding carboxylic acids is 2. The van der Waals surface area contributed by atoms with Gasteiger partial charge in [0, 0.05) is 37.4 Å². The summed E-state index contributed by atoms with van der Waals surface area (Å²) in [6, 6.07) is 14.3. The van der Waals surface area contributed by atoms with E-state index in [1.165, 1.54) is 6.07 Å². The van der Waals surface area contributed by atoms with Gasteiger partial charge in [0.15, 0.2) is 11.6 Å². The standard InChI is InChI=1S/C27H33FN2O4/c1-33-22-10-8-20(9-11-22)17-27(14-12-25(31)29-27)15-13-26(32)30-16-4-5-21(18-30)19-34-24-7-3-2-6-23(24)28/h2-3,6-11,21H,4-5,12-19H2,1H3,(H,29,31)/t21-,27+/m1/s1. The first-order valence-corrected chi connectivity index (χ1v) is 12.1. The van der Waals surface area contributed by atoms with Gasteiger partial charge in [0.25, 0.3) is 0 Å². The number of hydrogen-bond acceptors (Lipinski definition) is 4. The molecule has 2 aromatic rings. The third kappa shape index (κ3) is 6.07. The fourth-order valence-electron chi connectivity index (χ4n) is 5.02. The number of hydrogen-bond donors (Lipinski definition) is 1. The smallest absolute Gasteiger partial charge is 0.222 e. The molecule has 34 heavy (non-hydrogen) atoms. The van der Waals surface area contributed by atoms with E-state index in [0.29, 0.717) is 38.8 Å². The SMILES string of the molecule is COc1ccc(C[C@@]2(CCC(=O)N3CCC[C@@H](COc4ccccc4F)C3)CCC(=O)N2)cc1. The number of carbonyl (C=O) groups is 2. The Bertz CT molecular complexity index is 996. The average molecular weight is 469 g/mol. The van der Waals surface area contributed by atoms with Gasteiger partial charge in [-0.2, -0.15) is 0 Å². The molecule has 0 spiro atoms. The highest BCUT2D eigenvalue weighted by atomic mass is 19.1. The van der Waals surface area contributed by atoms with Crippen LogP contribution in [0.15, 0.2) is 48.5 Å². The molecule has 2 amide bonds. The molecule has 182 valence electrons. The Morgan fingerprint density at radius 3 is 2.71 bits per heavy atom. The summed E-state index contributed by atoms with van der Waals surface area (Å²) in [5.74, 6) is 1.00. The Hall–Kier alpha value is -3.09. The molecule has 2 aromatic carbocycles. The molecule has 2 aliphatic heterocycles. The fourth-order valence-corrected chi connectivity index (χ4v) is 5.02. The van der Waals surface area contributed by atoms with E-state index in [1.807, 2.05) is 29.2 Å². The van der Waals surface area contributed by atoms with Crippen LogP contribution < -0.4 is 14.8 Å². The largest absolute Gasteiger partial charge is 0.497 e. The normalized spacial score (nSPS) is 22.4. The van der Waals surface area contributed by atoms with Crippen LogP contribution >= 0.6 is 0 Å². The fraction of sp³-hybridized carbons (Fsp3) is 0.481. The van der Waals surface area contributed by atoms with Crippen molar-refractivity contribution in [1.29, 1.82) is 0 Å². The molecule has 0 radical (unpaired) electrons. The van der Waals surface area contributed by atoms with Crippen LogP contribution in [0.25, 0.3) is 0 Å². The molecule has 0 unspecified atom stereocenters. The van der Waals surface area contributed by atoms with Crippen molar-refractivity contribution in [2.24, 2.45) is 5.92 Å². The van der Waals surface area contributed by atoms with E-state index in [9.17, 15) is 14.0 Å². The van der Waals surface area contributed by atoms with E-state index >= 15 is 0 Å². The van der Waals surface area contributed by atoms with Gasteiger partial charge in [-0.05, 0) is 61.9 Å². The number of rotatable bonds is 9. The summed E-state index contributed by atoms with van der Waals surface area (Å²) in [5, 5.41) is 3.16. The number of amides is 2. The number of para-hydroxylation sites is 1. The number of nitrogens with zero attached hydrogens (tertiary/aromatic N) is 1. The molecular formula is C27H33FN2O4. The van der Waals surface area contributed by atoms with E-state index in [1.54, 1.807) is 25.3 Å². The van der Waals surface area contributed by atoms with Gasteiger partial charge in [0.2, 0.25) is 11.8 Å². The molecule has 0 aromatic heterocycles. The highest BCUT2D eigenvalue weighted by Crippen LogP contribution is 2.31. The maximum Gasteiger partial charge on any atom is 0.222 e. The van der Waals surface area contributed by atoms with Crippen molar-refractivity contribution >= 4 is 11.8 Å². The number of likely N-dealkylation sites (tertiary alicyclic amines) is 1. The summed E-state index contributed by atoms with van der Waals surface area (Å²) in [6.45, 7) is 1.74. The Morgan fingerprint density at radius 2 is 2.00 bits per heavy atom. The minimum absolute atomic E-state index is 0.0456. The molecule has 1 N–H and O–H groups in total. The zero-order chi connectivity index (χ0) is 24.0. The van der Waals surface area contributed by atoms with Crippen molar-refractivity contribution in [3.8, 4) is 11.5 Å². The number of piperidine rings is 1. The van der Waals surface area contributed by atoms with Crippen LogP contribution in [0.2, 0.25) is 0 Å². The molecule has 0 bridgehead atoms. The van der Waals surface area contributed by atoms with Gasteiger partial charge >= 0.3 is 0 Å². The maximum absolute atomic E-state index is 13.8. The Morgan fingerprint density at radius 1 is 1.21 bits per heavy atom. The zero-order valence-electron chi connectivity index (χ0n) is 19.7. The number of halogens is 1. The summed E-state index contributed by atoms with van der Waals surface area (Å²) in [6.07, 6.45) is 4.76. The van der Waals surface area contributed by atoms with Crippen LogP contribution in [0.1, 0.15) is 44.1 Å². The molecule has 0 aliphatic carbocycles. The minimum atomic E-state index is -0.398. The zero-order valence-corrected chi connectivity index (χ0v) is 19.7. The second kappa shape index (κ2) is 10.9. The monoisotopic (exact) mass is 468 g/mol. The Labute approximate surface area is 200 Å². The molecule has 4 rings (SSSR count). The molecule has 2 saturated heterocycles. The number of ether oxygens (including phenoxy) is 2. The Balaban J connectivity index is 1.32. The lowest BCUT2D eigenvalue weighted by Crippen LogP contribution is -2.46. The van der Waals surface area contributed by atoms with Crippen LogP contribution in [0.4, 0.5) is 4.39 Å². The van der Waals surface area contributed by atoms with Crippen molar-refractivity contribution in [2.45, 2.75) is 50.5 Å². The van der Waals surface area contributed by atoms with Crippen LogP contribution in [0.5, 0.6) is 11.5 Å². The highest BCUT2D eigenvalue weighted by Gasteiger charge is 2.38. The number of nitrogens with one attached hydrogen (secondary N) is 1. The third-order valence-corrected chi connectivity index (χ3v) is 6.94. The molecule has 2 heterocycles. The second-order valence-corrected chi connectivity index (χ2v) is 9.44. The van der Waals surface area contributed by atoms with Gasteiger partial charge in [-0.1, -0.05) is 24.3 Å². The van der Waals surface area contributed by atoms with Crippen LogP contribution in [-0.4, -0.2) is 49.1 Å². The molecular weight excluding hydrogens is 435 g/mol. The summed E-state index contributed by atoms with van der Waals surface area (Å²) in [7, 11) is 1.64. The van der Waals surface area contributed by atoms with E-state index < -0.39 is 5.54 Å². The highest BCUT2D eigenvalue weighted by molar-refractivity contribution is 5.80. The number of methoxy groups -OCH3 is 1. The van der Waals surface area contributed by atoms with Crippen molar-refractivity contribution in [3.05, 3.63) is 59.9 Å². The third-order valence-electron chi connectivity index (χ3n) is 6.94. The maximum atomic E-state index is 13.8. The predicted octanol–water partition coefficient (Wildman–Crippen LogP) is 4.12. The molecule has 2 fully saturated rings. The van der Waals surface area contributed by atoms with E-state index in [2.05, 4.69) is 5.32 Å². The molecule has 7 heteroatoms. The van der Waals surface area contributed by atoms with Gasteiger partial charge in [0.05, 0.1) is 13.7 Å². The molecule has 2 aliphatic rings. The lowest BCUT2D eigenvalue weighted by Gasteiger charge is -2.34. The van der Waals surface area contributed by atoms with Crippen molar-refractivity contribution in [2.75, 3.05) is 26.8 Å². The lowest BCUT2D eigenvalue weighted by molar-refractivity contribution is -0.134. The molecule has 2 atom stereocenters. The summed E-state index contributed by atoms with van der Waals surface area (Å²) in [5.41, 5.74) is 0.712. The van der Waals surface area contributed by atoms with Crippen molar-refractivity contribution in [3.63, 3.8) is 0 Å². The number of benzene rings is 2. The van der Waals surface area contributed by atoms with E-state index in [0.717, 1.165) is 37.1 Å². The van der Waals surface area contributed by atoms with E-state index in [-0.39, 0.29) is 29.3 Å². The van der Waals surface area contributed by atoms with Gasteiger partial charge in [-0.15, -0.1) is 0 Å². The first kappa shape index (κ1) is 24.0. The summed E-state index contributed by atoms with van der Waals surface area (Å²) in [4.78, 5) is 27.1. The van der Waals surface area contributed by atoms with Gasteiger partial charge in [-0.25, -0.2) is 4.39 Å². The summed E-state index contributed by atoms with van der Waals surface area (Å²) < 4.78 is 24.8. The Kier molecular flexibility index (Phi) is 7.70. The van der Waals surface area contributed by atoms with Crippen molar-refractivity contribution in [1.82, 2.24) is 10.2 Å². The minimum Gasteiger partial charge on any atom is -0.497 e. The lowest BCUT2D eigenvalue weighted by atomic mass is 9.84. The van der Waals surface area contributed by atoms with E-state index in [4.69, 9.17) is 9.47 Å². The van der Waals surface area contributed by atoms with Crippen LogP contribution in [0, 0.1) is 11.7 Å². The summed E-state index contributed by atoms with van der Waals surface area (Å²) >= 11 is 0.